The van der Waals surface area contributed by atoms with Gasteiger partial charge in [-0.3, -0.25) is 13.9 Å². The Labute approximate surface area is 219 Å². The van der Waals surface area contributed by atoms with Crippen LogP contribution < -0.4 is 21.1 Å². The molecule has 0 saturated carbocycles. The van der Waals surface area contributed by atoms with E-state index in [1.165, 1.54) is 13.3 Å². The Morgan fingerprint density at radius 3 is 2.63 bits per heavy atom. The first kappa shape index (κ1) is 27.7. The SMILES string of the molecule is CC(C)OC(=O)[C@@H](C)N[P@@](=O)(OC[C@H]1O[C@@H](n2cnc3c(N)nc(N)nc32)[C@@H](C)[C@@H]1O)Oc1ccccc1. The molecule has 3 aromatic rings. The van der Waals surface area contributed by atoms with E-state index in [9.17, 15) is 14.5 Å². The van der Waals surface area contributed by atoms with Crippen molar-refractivity contribution in [1.29, 1.82) is 0 Å². The number of anilines is 2. The smallest absolute Gasteiger partial charge is 0.459 e. The summed E-state index contributed by atoms with van der Waals surface area (Å²) in [7, 11) is -4.14. The quantitative estimate of drug-likeness (QED) is 0.212. The molecule has 0 aliphatic carbocycles. The second-order valence-electron chi connectivity index (χ2n) is 9.24. The lowest BCUT2D eigenvalue weighted by atomic mass is 10.0. The highest BCUT2D eigenvalue weighted by atomic mass is 31.2. The minimum Gasteiger partial charge on any atom is -0.462 e. The van der Waals surface area contributed by atoms with E-state index in [0.717, 1.165) is 0 Å². The molecule has 0 amide bonds. The third-order valence-electron chi connectivity index (χ3n) is 5.86. The molecule has 4 rings (SSSR count). The summed E-state index contributed by atoms with van der Waals surface area (Å²) in [6.07, 6.45) is -1.52. The molecular formula is C23H32N7O7P. The Balaban J connectivity index is 1.51. The third-order valence-corrected chi connectivity index (χ3v) is 7.50. The van der Waals surface area contributed by atoms with Gasteiger partial charge in [0, 0.05) is 5.92 Å². The number of nitrogen functional groups attached to an aromatic ring is 2. The van der Waals surface area contributed by atoms with Gasteiger partial charge in [-0.05, 0) is 32.9 Å². The highest BCUT2D eigenvalue weighted by Gasteiger charge is 2.44. The normalized spacial score (nSPS) is 23.8. The van der Waals surface area contributed by atoms with Crippen LogP contribution >= 0.6 is 7.75 Å². The summed E-state index contributed by atoms with van der Waals surface area (Å²) >= 11 is 0. The van der Waals surface area contributed by atoms with E-state index in [4.69, 9.17) is 30.0 Å². The number of benzene rings is 1. The van der Waals surface area contributed by atoms with Gasteiger partial charge in [0.05, 0.1) is 25.1 Å². The number of hydrogen-bond acceptors (Lipinski definition) is 12. The van der Waals surface area contributed by atoms with Crippen molar-refractivity contribution in [2.24, 2.45) is 5.92 Å². The largest absolute Gasteiger partial charge is 0.462 e. The Bertz CT molecular complexity index is 1320. The number of esters is 1. The van der Waals surface area contributed by atoms with Gasteiger partial charge in [-0.15, -0.1) is 0 Å². The molecule has 6 N–H and O–H groups in total. The minimum absolute atomic E-state index is 0.0296. The lowest BCUT2D eigenvalue weighted by Crippen LogP contribution is -2.37. The number of nitrogens with one attached hydrogen (secondary N) is 1. The van der Waals surface area contributed by atoms with Crippen LogP contribution in [0.15, 0.2) is 36.7 Å². The van der Waals surface area contributed by atoms with Gasteiger partial charge in [0.2, 0.25) is 5.95 Å². The van der Waals surface area contributed by atoms with Crippen LogP contribution in [0.3, 0.4) is 0 Å². The Morgan fingerprint density at radius 1 is 1.24 bits per heavy atom. The van der Waals surface area contributed by atoms with Gasteiger partial charge in [0.1, 0.15) is 29.6 Å². The summed E-state index contributed by atoms with van der Waals surface area (Å²) in [4.78, 5) is 24.7. The van der Waals surface area contributed by atoms with Gasteiger partial charge in [0.25, 0.3) is 0 Å². The molecule has 15 heteroatoms. The maximum atomic E-state index is 13.7. The van der Waals surface area contributed by atoms with Crippen LogP contribution in [-0.2, 0) is 23.4 Å². The van der Waals surface area contributed by atoms with Crippen molar-refractivity contribution >= 4 is 36.6 Å². The molecular weight excluding hydrogens is 517 g/mol. The number of carbonyl (C=O) groups is 1. The van der Waals surface area contributed by atoms with Crippen LogP contribution in [0, 0.1) is 5.92 Å². The molecule has 38 heavy (non-hydrogen) atoms. The number of para-hydroxylation sites is 1. The van der Waals surface area contributed by atoms with Crippen LogP contribution in [0.4, 0.5) is 11.8 Å². The number of aliphatic hydroxyl groups is 1. The molecule has 1 aliphatic rings. The monoisotopic (exact) mass is 549 g/mol. The van der Waals surface area contributed by atoms with Crippen molar-refractivity contribution in [2.75, 3.05) is 18.1 Å². The first-order chi connectivity index (χ1) is 18.0. The molecule has 14 nitrogen and oxygen atoms in total. The lowest BCUT2D eigenvalue weighted by Gasteiger charge is -2.25. The Kier molecular flexibility index (Phi) is 8.19. The van der Waals surface area contributed by atoms with Crippen LogP contribution in [0.1, 0.15) is 33.9 Å². The van der Waals surface area contributed by atoms with Crippen molar-refractivity contribution in [3.8, 4) is 5.75 Å². The molecule has 0 unspecified atom stereocenters. The number of aliphatic hydroxyl groups excluding tert-OH is 1. The summed E-state index contributed by atoms with van der Waals surface area (Å²) < 4.78 is 37.9. The first-order valence-corrected chi connectivity index (χ1v) is 13.6. The Morgan fingerprint density at radius 2 is 1.95 bits per heavy atom. The molecule has 1 aromatic carbocycles. The van der Waals surface area contributed by atoms with Crippen molar-refractivity contribution in [3.63, 3.8) is 0 Å². The molecule has 0 spiro atoms. The number of fused-ring (bicyclic) bond motifs is 1. The average molecular weight is 550 g/mol. The van der Waals surface area contributed by atoms with E-state index in [0.29, 0.717) is 11.2 Å². The summed E-state index contributed by atoms with van der Waals surface area (Å²) in [5.41, 5.74) is 12.3. The maximum absolute atomic E-state index is 13.7. The van der Waals surface area contributed by atoms with Gasteiger partial charge < -0.3 is 30.6 Å². The zero-order valence-electron chi connectivity index (χ0n) is 21.4. The Hall–Kier alpha value is -3.29. The highest BCUT2D eigenvalue weighted by Crippen LogP contribution is 2.46. The van der Waals surface area contributed by atoms with Crippen LogP contribution in [0.2, 0.25) is 0 Å². The number of nitrogens with zero attached hydrogens (tertiary/aromatic N) is 4. The van der Waals surface area contributed by atoms with Gasteiger partial charge in [-0.1, -0.05) is 25.1 Å². The minimum atomic E-state index is -4.14. The molecule has 0 bridgehead atoms. The maximum Gasteiger partial charge on any atom is 0.459 e. The predicted octanol–water partition coefficient (Wildman–Crippen LogP) is 2.02. The van der Waals surface area contributed by atoms with Crippen molar-refractivity contribution < 1.29 is 33.0 Å². The number of hydrogen-bond donors (Lipinski definition) is 4. The van der Waals surface area contributed by atoms with E-state index in [1.807, 2.05) is 0 Å². The van der Waals surface area contributed by atoms with Crippen molar-refractivity contribution in [1.82, 2.24) is 24.6 Å². The van der Waals surface area contributed by atoms with Crippen molar-refractivity contribution in [3.05, 3.63) is 36.7 Å². The second kappa shape index (κ2) is 11.2. The average Bonchev–Trinajstić information content (AvgIpc) is 3.39. The van der Waals surface area contributed by atoms with Gasteiger partial charge in [-0.25, -0.2) is 9.55 Å². The van der Waals surface area contributed by atoms with Crippen molar-refractivity contribution in [2.45, 2.75) is 58.3 Å². The van der Waals surface area contributed by atoms with E-state index in [2.05, 4.69) is 20.0 Å². The fourth-order valence-electron chi connectivity index (χ4n) is 4.00. The van der Waals surface area contributed by atoms with Gasteiger partial charge in [0.15, 0.2) is 11.5 Å². The number of nitrogens with two attached hydrogens (primary N) is 2. The highest BCUT2D eigenvalue weighted by molar-refractivity contribution is 7.52. The number of rotatable bonds is 10. The van der Waals surface area contributed by atoms with E-state index < -0.39 is 44.1 Å². The van der Waals surface area contributed by atoms with Gasteiger partial charge in [-0.2, -0.15) is 15.1 Å². The fraction of sp³-hybridized carbons (Fsp3) is 0.478. The summed E-state index contributed by atoms with van der Waals surface area (Å²) in [6.45, 7) is 6.34. The van der Waals surface area contributed by atoms with Gasteiger partial charge >= 0.3 is 13.7 Å². The molecule has 2 aromatic heterocycles. The van der Waals surface area contributed by atoms with E-state index >= 15 is 0 Å². The van der Waals surface area contributed by atoms with Crippen LogP contribution in [0.5, 0.6) is 5.75 Å². The molecule has 1 saturated heterocycles. The topological polar surface area (TPSA) is 199 Å². The number of aromatic nitrogens is 4. The molecule has 3 heterocycles. The predicted molar refractivity (Wildman–Crippen MR) is 138 cm³/mol. The molecule has 206 valence electrons. The number of carbonyl (C=O) groups excluding carboxylic acids is 1. The number of imidazole rings is 1. The van der Waals surface area contributed by atoms with Crippen LogP contribution in [0.25, 0.3) is 11.2 Å². The molecule has 0 radical (unpaired) electrons. The summed E-state index contributed by atoms with van der Waals surface area (Å²) in [5.74, 6) is -0.725. The lowest BCUT2D eigenvalue weighted by molar-refractivity contribution is -0.149. The second-order valence-corrected chi connectivity index (χ2v) is 10.9. The number of ether oxygens (including phenoxy) is 2. The summed E-state index contributed by atoms with van der Waals surface area (Å²) in [5, 5.41) is 13.5. The molecule has 1 fully saturated rings. The third kappa shape index (κ3) is 6.05. The van der Waals surface area contributed by atoms with E-state index in [-0.39, 0.29) is 30.2 Å². The summed E-state index contributed by atoms with van der Waals surface area (Å²) in [6, 6.07) is 7.34. The first-order valence-electron chi connectivity index (χ1n) is 12.0. The standard InChI is InChI=1S/C23H32N7O7P/c1-12(2)35-22(32)14(4)29-38(33,37-15-8-6-5-7-9-15)34-10-16-18(31)13(3)21(36-16)30-11-26-17-19(24)27-23(25)28-20(17)30/h5-9,11-14,16,18,21,31H,10H2,1-4H3,(H,29,33)(H4,24,25,27,28)/t13-,14+,16+,18-,21+,38+/m0/s1. The molecule has 6 atom stereocenters. The zero-order chi connectivity index (χ0) is 27.6. The van der Waals surface area contributed by atoms with E-state index in [1.54, 1.807) is 55.7 Å². The van der Waals surface area contributed by atoms with Crippen LogP contribution in [-0.4, -0.2) is 61.6 Å². The zero-order valence-corrected chi connectivity index (χ0v) is 22.3. The fourth-order valence-corrected chi connectivity index (χ4v) is 5.50. The molecule has 1 aliphatic heterocycles.